The molecule has 20 heavy (non-hydrogen) atoms. The molecular weight excluding hydrogens is 278 g/mol. The van der Waals surface area contributed by atoms with Crippen molar-refractivity contribution in [3.8, 4) is 5.00 Å². The molecule has 1 atom stereocenters. The number of hydrogen-bond acceptors (Lipinski definition) is 5. The standard InChI is InChI=1S/C13H11N3O3S/c1-8(17)12-6-11(16(18)19)13(20-12)15-10-5-3-2-4-9(10)7-14-15/h2-8,17H,1H3/t8-/m1/s1. The van der Waals surface area contributed by atoms with Crippen molar-refractivity contribution in [1.82, 2.24) is 9.78 Å². The highest BCUT2D eigenvalue weighted by atomic mass is 32.1. The summed E-state index contributed by atoms with van der Waals surface area (Å²) < 4.78 is 1.55. The molecule has 0 saturated heterocycles. The van der Waals surface area contributed by atoms with Crippen LogP contribution in [0.1, 0.15) is 17.9 Å². The van der Waals surface area contributed by atoms with Gasteiger partial charge in [-0.1, -0.05) is 18.2 Å². The van der Waals surface area contributed by atoms with Crippen LogP contribution in [0.4, 0.5) is 5.69 Å². The van der Waals surface area contributed by atoms with E-state index in [4.69, 9.17) is 0 Å². The zero-order valence-corrected chi connectivity index (χ0v) is 11.4. The summed E-state index contributed by atoms with van der Waals surface area (Å²) in [6, 6.07) is 8.90. The first-order valence-electron chi connectivity index (χ1n) is 5.97. The topological polar surface area (TPSA) is 81.2 Å². The molecule has 1 N–H and O–H groups in total. The van der Waals surface area contributed by atoms with Crippen molar-refractivity contribution in [3.05, 3.63) is 51.5 Å². The van der Waals surface area contributed by atoms with Crippen LogP contribution in [0.25, 0.3) is 15.9 Å². The fourth-order valence-corrected chi connectivity index (χ4v) is 3.05. The lowest BCUT2D eigenvalue weighted by Gasteiger charge is -2.00. The van der Waals surface area contributed by atoms with Gasteiger partial charge in [0.1, 0.15) is 0 Å². The molecular formula is C13H11N3O3S. The van der Waals surface area contributed by atoms with Crippen molar-refractivity contribution in [2.24, 2.45) is 0 Å². The molecule has 0 aliphatic rings. The normalized spacial score (nSPS) is 12.7. The molecule has 0 radical (unpaired) electrons. The Balaban J connectivity index is 2.25. The van der Waals surface area contributed by atoms with Crippen molar-refractivity contribution in [1.29, 1.82) is 0 Å². The van der Waals surface area contributed by atoms with Crippen molar-refractivity contribution in [3.63, 3.8) is 0 Å². The van der Waals surface area contributed by atoms with Gasteiger partial charge in [0.15, 0.2) is 5.00 Å². The van der Waals surface area contributed by atoms with Gasteiger partial charge in [-0.05, 0) is 13.0 Å². The Morgan fingerprint density at radius 3 is 2.90 bits per heavy atom. The molecule has 2 heterocycles. The third-order valence-corrected chi connectivity index (χ3v) is 4.26. The fourth-order valence-electron chi connectivity index (χ4n) is 2.01. The van der Waals surface area contributed by atoms with Crippen LogP contribution in [0, 0.1) is 10.1 Å². The number of para-hydroxylation sites is 1. The van der Waals surface area contributed by atoms with E-state index in [1.807, 2.05) is 24.3 Å². The van der Waals surface area contributed by atoms with Gasteiger partial charge in [0.25, 0.3) is 0 Å². The van der Waals surface area contributed by atoms with E-state index in [-0.39, 0.29) is 5.69 Å². The smallest absolute Gasteiger partial charge is 0.306 e. The molecule has 0 fully saturated rings. The molecule has 0 bridgehead atoms. The van der Waals surface area contributed by atoms with Gasteiger partial charge in [-0.2, -0.15) is 5.10 Å². The highest BCUT2D eigenvalue weighted by molar-refractivity contribution is 7.15. The Kier molecular flexibility index (Phi) is 3.00. The second-order valence-electron chi connectivity index (χ2n) is 4.39. The van der Waals surface area contributed by atoms with E-state index in [1.165, 1.54) is 17.4 Å². The van der Waals surface area contributed by atoms with E-state index in [0.29, 0.717) is 9.88 Å². The molecule has 6 nitrogen and oxygen atoms in total. The molecule has 0 aliphatic carbocycles. The number of fused-ring (bicyclic) bond motifs is 1. The lowest BCUT2D eigenvalue weighted by molar-refractivity contribution is -0.384. The van der Waals surface area contributed by atoms with E-state index in [9.17, 15) is 15.2 Å². The second kappa shape index (κ2) is 4.69. The van der Waals surface area contributed by atoms with E-state index in [2.05, 4.69) is 5.10 Å². The number of hydrogen-bond donors (Lipinski definition) is 1. The number of nitrogens with zero attached hydrogens (tertiary/aromatic N) is 3. The van der Waals surface area contributed by atoms with Gasteiger partial charge >= 0.3 is 5.69 Å². The highest BCUT2D eigenvalue weighted by Gasteiger charge is 2.23. The van der Waals surface area contributed by atoms with Gasteiger partial charge in [-0.25, -0.2) is 4.68 Å². The number of aromatic nitrogens is 2. The maximum Gasteiger partial charge on any atom is 0.306 e. The number of aliphatic hydroxyl groups is 1. The van der Waals surface area contributed by atoms with E-state index in [0.717, 1.165) is 10.9 Å². The molecule has 7 heteroatoms. The van der Waals surface area contributed by atoms with Gasteiger partial charge in [0, 0.05) is 16.3 Å². The van der Waals surface area contributed by atoms with E-state index in [1.54, 1.807) is 17.8 Å². The molecule has 0 amide bonds. The number of rotatable bonds is 3. The zero-order chi connectivity index (χ0) is 14.3. The first-order chi connectivity index (χ1) is 9.58. The van der Waals surface area contributed by atoms with Crippen LogP contribution in [-0.4, -0.2) is 19.8 Å². The average molecular weight is 289 g/mol. The van der Waals surface area contributed by atoms with Gasteiger partial charge < -0.3 is 5.11 Å². The van der Waals surface area contributed by atoms with Crippen LogP contribution in [0.15, 0.2) is 36.5 Å². The third kappa shape index (κ3) is 1.97. The van der Waals surface area contributed by atoms with Crippen LogP contribution in [0.5, 0.6) is 0 Å². The van der Waals surface area contributed by atoms with Crippen LogP contribution < -0.4 is 0 Å². The Bertz CT molecular complexity index is 791. The zero-order valence-electron chi connectivity index (χ0n) is 10.6. The quantitative estimate of drug-likeness (QED) is 0.593. The summed E-state index contributed by atoms with van der Waals surface area (Å²) >= 11 is 1.18. The average Bonchev–Trinajstić information content (AvgIpc) is 3.02. The summed E-state index contributed by atoms with van der Waals surface area (Å²) in [5, 5.41) is 26.3. The van der Waals surface area contributed by atoms with Crippen LogP contribution in [-0.2, 0) is 0 Å². The molecule has 0 unspecified atom stereocenters. The Hall–Kier alpha value is -2.25. The van der Waals surface area contributed by atoms with E-state index >= 15 is 0 Å². The van der Waals surface area contributed by atoms with Crippen LogP contribution in [0.2, 0.25) is 0 Å². The van der Waals surface area contributed by atoms with E-state index < -0.39 is 11.0 Å². The highest BCUT2D eigenvalue weighted by Crippen LogP contribution is 2.36. The predicted molar refractivity (Wildman–Crippen MR) is 76.2 cm³/mol. The summed E-state index contributed by atoms with van der Waals surface area (Å²) in [7, 11) is 0. The predicted octanol–water partition coefficient (Wildman–Crippen LogP) is 3.05. The first-order valence-corrected chi connectivity index (χ1v) is 6.79. The number of benzene rings is 1. The van der Waals surface area contributed by atoms with Crippen molar-refractivity contribution in [2.45, 2.75) is 13.0 Å². The first kappa shape index (κ1) is 12.8. The number of nitro groups is 1. The van der Waals surface area contributed by atoms with Gasteiger partial charge in [-0.15, -0.1) is 11.3 Å². The minimum atomic E-state index is -0.741. The molecule has 0 saturated carbocycles. The summed E-state index contributed by atoms with van der Waals surface area (Å²) in [4.78, 5) is 11.3. The maximum absolute atomic E-state index is 11.2. The Morgan fingerprint density at radius 1 is 1.45 bits per heavy atom. The van der Waals surface area contributed by atoms with Crippen LogP contribution in [0.3, 0.4) is 0 Å². The maximum atomic E-state index is 11.2. The van der Waals surface area contributed by atoms with Gasteiger partial charge in [0.05, 0.1) is 22.7 Å². The molecule has 0 aliphatic heterocycles. The summed E-state index contributed by atoms with van der Waals surface area (Å²) in [6.45, 7) is 1.58. The summed E-state index contributed by atoms with van der Waals surface area (Å²) in [5.74, 6) is 0. The number of aliphatic hydroxyl groups excluding tert-OH is 1. The lowest BCUT2D eigenvalue weighted by Crippen LogP contribution is -1.97. The van der Waals surface area contributed by atoms with Crippen molar-refractivity contribution < 1.29 is 10.0 Å². The number of thiophene rings is 1. The fraction of sp³-hybridized carbons (Fsp3) is 0.154. The molecule has 0 spiro atoms. The lowest BCUT2D eigenvalue weighted by atomic mass is 10.2. The molecule has 1 aromatic carbocycles. The SMILES string of the molecule is C[C@@H](O)c1cc([N+](=O)[O-])c(-n2ncc3ccccc32)s1. The van der Waals surface area contributed by atoms with Gasteiger partial charge in [0.2, 0.25) is 0 Å². The third-order valence-electron chi connectivity index (χ3n) is 2.99. The molecule has 3 aromatic rings. The Morgan fingerprint density at radius 2 is 2.20 bits per heavy atom. The molecule has 102 valence electrons. The molecule has 3 rings (SSSR count). The van der Waals surface area contributed by atoms with Gasteiger partial charge in [-0.3, -0.25) is 10.1 Å². The molecule has 2 aromatic heterocycles. The largest absolute Gasteiger partial charge is 0.388 e. The summed E-state index contributed by atoms with van der Waals surface area (Å²) in [5.41, 5.74) is 0.759. The minimum Gasteiger partial charge on any atom is -0.388 e. The minimum absolute atomic E-state index is 0.0419. The Labute approximate surface area is 118 Å². The van der Waals surface area contributed by atoms with Crippen LogP contribution >= 0.6 is 11.3 Å². The second-order valence-corrected chi connectivity index (χ2v) is 5.45. The monoisotopic (exact) mass is 289 g/mol. The summed E-state index contributed by atoms with van der Waals surface area (Å²) in [6.07, 6.45) is 0.926. The van der Waals surface area contributed by atoms with Crippen molar-refractivity contribution >= 4 is 27.9 Å². The van der Waals surface area contributed by atoms with Crippen molar-refractivity contribution in [2.75, 3.05) is 0 Å².